The fourth-order valence-electron chi connectivity index (χ4n) is 0.885. The van der Waals surface area contributed by atoms with Crippen molar-refractivity contribution in [1.82, 2.24) is 0 Å². The molecule has 0 aliphatic carbocycles. The number of phenols is 1. The highest BCUT2D eigenvalue weighted by atomic mass is 35.5. The highest BCUT2D eigenvalue weighted by Crippen LogP contribution is 2.26. The van der Waals surface area contributed by atoms with Crippen LogP contribution in [0, 0.1) is 5.92 Å². The molecule has 0 unspecified atom stereocenters. The second-order valence-electron chi connectivity index (χ2n) is 3.31. The molecule has 2 N–H and O–H groups in total. The number of aromatic hydroxyl groups is 1. The second kappa shape index (κ2) is 4.33. The van der Waals surface area contributed by atoms with Crippen LogP contribution in [0.1, 0.15) is 13.8 Å². The second-order valence-corrected chi connectivity index (χ2v) is 3.74. The van der Waals surface area contributed by atoms with E-state index < -0.39 is 0 Å². The zero-order chi connectivity index (χ0) is 10.7. The van der Waals surface area contributed by atoms with E-state index in [1.165, 1.54) is 12.1 Å². The first-order chi connectivity index (χ1) is 6.50. The number of hydrogen-bond donors (Lipinski definition) is 2. The molecular formula is C10H12ClNO2. The van der Waals surface area contributed by atoms with Crippen molar-refractivity contribution in [2.45, 2.75) is 13.8 Å². The summed E-state index contributed by atoms with van der Waals surface area (Å²) in [6.07, 6.45) is 0. The molecule has 0 aliphatic rings. The lowest BCUT2D eigenvalue weighted by Gasteiger charge is -2.09. The summed E-state index contributed by atoms with van der Waals surface area (Å²) in [6.45, 7) is 3.55. The van der Waals surface area contributed by atoms with E-state index in [9.17, 15) is 9.90 Å². The van der Waals surface area contributed by atoms with Crippen molar-refractivity contribution in [2.75, 3.05) is 5.32 Å². The van der Waals surface area contributed by atoms with Crippen molar-refractivity contribution >= 4 is 23.2 Å². The Bertz CT molecular complexity index is 350. The van der Waals surface area contributed by atoms with Gasteiger partial charge >= 0.3 is 0 Å². The van der Waals surface area contributed by atoms with Gasteiger partial charge in [0.25, 0.3) is 0 Å². The maximum absolute atomic E-state index is 11.3. The molecule has 0 saturated carbocycles. The van der Waals surface area contributed by atoms with Crippen LogP contribution in [-0.2, 0) is 4.79 Å². The van der Waals surface area contributed by atoms with Gasteiger partial charge in [0.15, 0.2) is 0 Å². The molecule has 0 radical (unpaired) electrons. The van der Waals surface area contributed by atoms with Gasteiger partial charge < -0.3 is 10.4 Å². The number of carbonyl (C=O) groups is 1. The lowest BCUT2D eigenvalue weighted by atomic mass is 10.2. The van der Waals surface area contributed by atoms with Gasteiger partial charge in [0, 0.05) is 10.9 Å². The monoisotopic (exact) mass is 213 g/mol. The van der Waals surface area contributed by atoms with Crippen LogP contribution < -0.4 is 5.32 Å². The Morgan fingerprint density at radius 2 is 2.14 bits per heavy atom. The summed E-state index contributed by atoms with van der Waals surface area (Å²) in [5.41, 5.74) is 0.344. The molecule has 1 aromatic carbocycles. The van der Waals surface area contributed by atoms with Gasteiger partial charge in [-0.25, -0.2) is 0 Å². The van der Waals surface area contributed by atoms with E-state index in [1.807, 2.05) is 0 Å². The minimum atomic E-state index is -0.150. The molecule has 0 bridgehead atoms. The Morgan fingerprint density at radius 1 is 1.50 bits per heavy atom. The van der Waals surface area contributed by atoms with Gasteiger partial charge in [-0.3, -0.25) is 4.79 Å². The first kappa shape index (κ1) is 10.9. The summed E-state index contributed by atoms with van der Waals surface area (Å²) >= 11 is 5.72. The molecule has 4 heteroatoms. The van der Waals surface area contributed by atoms with Gasteiger partial charge in [0.2, 0.25) is 5.91 Å². The van der Waals surface area contributed by atoms with Crippen LogP contribution in [0.3, 0.4) is 0 Å². The molecule has 0 atom stereocenters. The number of rotatable bonds is 2. The Labute approximate surface area is 87.7 Å². The number of anilines is 1. The average Bonchev–Trinajstić information content (AvgIpc) is 2.11. The maximum atomic E-state index is 11.3. The Balaban J connectivity index is 2.86. The van der Waals surface area contributed by atoms with Crippen LogP contribution in [0.2, 0.25) is 5.02 Å². The lowest BCUT2D eigenvalue weighted by Crippen LogP contribution is -2.17. The van der Waals surface area contributed by atoms with E-state index in [0.29, 0.717) is 10.7 Å². The topological polar surface area (TPSA) is 49.3 Å². The Hall–Kier alpha value is -1.22. The van der Waals surface area contributed by atoms with E-state index in [0.717, 1.165) is 0 Å². The number of carbonyl (C=O) groups excluding carboxylic acids is 1. The van der Waals surface area contributed by atoms with Gasteiger partial charge in [0.05, 0.1) is 5.69 Å². The number of halogens is 1. The van der Waals surface area contributed by atoms with Gasteiger partial charge in [0.1, 0.15) is 5.75 Å². The quantitative estimate of drug-likeness (QED) is 0.742. The van der Waals surface area contributed by atoms with Crippen molar-refractivity contribution < 1.29 is 9.90 Å². The molecule has 0 heterocycles. The minimum Gasteiger partial charge on any atom is -0.506 e. The third-order valence-electron chi connectivity index (χ3n) is 1.74. The highest BCUT2D eigenvalue weighted by Gasteiger charge is 2.09. The molecule has 0 aliphatic heterocycles. The Morgan fingerprint density at radius 3 is 2.71 bits per heavy atom. The van der Waals surface area contributed by atoms with Crippen molar-refractivity contribution in [3.05, 3.63) is 23.2 Å². The summed E-state index contributed by atoms with van der Waals surface area (Å²) in [5.74, 6) is -0.264. The molecule has 1 amide bonds. The molecule has 0 saturated heterocycles. The predicted molar refractivity (Wildman–Crippen MR) is 56.6 cm³/mol. The van der Waals surface area contributed by atoms with Crippen molar-refractivity contribution in [2.24, 2.45) is 5.92 Å². The van der Waals surface area contributed by atoms with Crippen LogP contribution in [0.4, 0.5) is 5.69 Å². The number of phenolic OH excluding ortho intramolecular Hbond substituents is 1. The zero-order valence-electron chi connectivity index (χ0n) is 8.04. The standard InChI is InChI=1S/C10H12ClNO2/c1-6(2)10(14)12-8-5-7(11)3-4-9(8)13/h3-6,13H,1-2H3,(H,12,14). The smallest absolute Gasteiger partial charge is 0.227 e. The van der Waals surface area contributed by atoms with Gasteiger partial charge in [-0.1, -0.05) is 25.4 Å². The van der Waals surface area contributed by atoms with Gasteiger partial charge in [-0.05, 0) is 18.2 Å². The minimum absolute atomic E-state index is 0.0170. The number of amides is 1. The SMILES string of the molecule is CC(C)C(=O)Nc1cc(Cl)ccc1O. The molecule has 0 spiro atoms. The van der Waals surface area contributed by atoms with E-state index >= 15 is 0 Å². The van der Waals surface area contributed by atoms with E-state index in [1.54, 1.807) is 19.9 Å². The Kier molecular flexibility index (Phi) is 3.36. The fourth-order valence-corrected chi connectivity index (χ4v) is 1.06. The molecule has 0 fully saturated rings. The highest BCUT2D eigenvalue weighted by molar-refractivity contribution is 6.31. The van der Waals surface area contributed by atoms with E-state index in [-0.39, 0.29) is 17.6 Å². The summed E-state index contributed by atoms with van der Waals surface area (Å²) < 4.78 is 0. The molecular weight excluding hydrogens is 202 g/mol. The van der Waals surface area contributed by atoms with E-state index in [4.69, 9.17) is 11.6 Å². The molecule has 3 nitrogen and oxygen atoms in total. The van der Waals surface area contributed by atoms with Crippen LogP contribution >= 0.6 is 11.6 Å². The lowest BCUT2D eigenvalue weighted by molar-refractivity contribution is -0.118. The van der Waals surface area contributed by atoms with Gasteiger partial charge in [-0.2, -0.15) is 0 Å². The normalized spacial score (nSPS) is 10.3. The molecule has 14 heavy (non-hydrogen) atoms. The van der Waals surface area contributed by atoms with Crippen LogP contribution in [-0.4, -0.2) is 11.0 Å². The number of hydrogen-bond acceptors (Lipinski definition) is 2. The predicted octanol–water partition coefficient (Wildman–Crippen LogP) is 2.64. The van der Waals surface area contributed by atoms with Gasteiger partial charge in [-0.15, -0.1) is 0 Å². The number of nitrogens with one attached hydrogen (secondary N) is 1. The van der Waals surface area contributed by atoms with Crippen LogP contribution in [0.5, 0.6) is 5.75 Å². The fraction of sp³-hybridized carbons (Fsp3) is 0.300. The summed E-state index contributed by atoms with van der Waals surface area (Å²) in [4.78, 5) is 11.3. The van der Waals surface area contributed by atoms with E-state index in [2.05, 4.69) is 5.32 Å². The van der Waals surface area contributed by atoms with Crippen LogP contribution in [0.15, 0.2) is 18.2 Å². The first-order valence-electron chi connectivity index (χ1n) is 4.30. The van der Waals surface area contributed by atoms with Crippen molar-refractivity contribution in [3.8, 4) is 5.75 Å². The summed E-state index contributed by atoms with van der Waals surface area (Å²) in [6, 6.07) is 4.51. The summed E-state index contributed by atoms with van der Waals surface area (Å²) in [7, 11) is 0. The zero-order valence-corrected chi connectivity index (χ0v) is 8.80. The summed E-state index contributed by atoms with van der Waals surface area (Å²) in [5, 5.41) is 12.4. The average molecular weight is 214 g/mol. The third-order valence-corrected chi connectivity index (χ3v) is 1.98. The molecule has 0 aromatic heterocycles. The van der Waals surface area contributed by atoms with Crippen molar-refractivity contribution in [3.63, 3.8) is 0 Å². The molecule has 1 rings (SSSR count). The first-order valence-corrected chi connectivity index (χ1v) is 4.68. The third kappa shape index (κ3) is 2.64. The molecule has 76 valence electrons. The number of benzene rings is 1. The maximum Gasteiger partial charge on any atom is 0.227 e. The molecule has 1 aromatic rings. The van der Waals surface area contributed by atoms with Crippen LogP contribution in [0.25, 0.3) is 0 Å². The van der Waals surface area contributed by atoms with Crippen molar-refractivity contribution in [1.29, 1.82) is 0 Å². The largest absolute Gasteiger partial charge is 0.506 e.